The van der Waals surface area contributed by atoms with Crippen molar-refractivity contribution in [3.63, 3.8) is 0 Å². The summed E-state index contributed by atoms with van der Waals surface area (Å²) in [5.41, 5.74) is 11.7. The van der Waals surface area contributed by atoms with Crippen LogP contribution in [0.1, 0.15) is 36.9 Å². The summed E-state index contributed by atoms with van der Waals surface area (Å²) in [6.45, 7) is 5.72. The van der Waals surface area contributed by atoms with E-state index in [-0.39, 0.29) is 43.8 Å². The number of pyridine rings is 5. The average Bonchev–Trinajstić information content (AvgIpc) is 3.43. The van der Waals surface area contributed by atoms with E-state index in [2.05, 4.69) is 112 Å². The maximum atomic E-state index is 6.18. The summed E-state index contributed by atoms with van der Waals surface area (Å²) in [6.07, 6.45) is 13.8. The predicted molar refractivity (Wildman–Crippen MR) is 312 cm³/mol. The van der Waals surface area contributed by atoms with Gasteiger partial charge in [-0.25, -0.2) is 15.0 Å². The normalized spacial score (nSPS) is 11.7. The number of hydrogen-bond donors (Lipinski definition) is 1. The predicted octanol–water partition coefficient (Wildman–Crippen LogP) is 13.2. The van der Waals surface area contributed by atoms with Gasteiger partial charge >= 0.3 is 37.7 Å². The van der Waals surface area contributed by atoms with E-state index < -0.39 is 0 Å². The second kappa shape index (κ2) is 29.5. The fourth-order valence-corrected chi connectivity index (χ4v) is 8.80. The van der Waals surface area contributed by atoms with Crippen molar-refractivity contribution >= 4 is 107 Å². The monoisotopic (exact) mass is 1110 g/mol. The molecule has 12 rings (SSSR count). The van der Waals surface area contributed by atoms with Gasteiger partial charge in [-0.1, -0.05) is 154 Å². The van der Waals surface area contributed by atoms with Crippen LogP contribution in [0.25, 0.3) is 72.6 Å². The Morgan fingerprint density at radius 3 is 1.52 bits per heavy atom. The molecule has 1 aliphatic heterocycles. The van der Waals surface area contributed by atoms with E-state index in [9.17, 15) is 0 Å². The van der Waals surface area contributed by atoms with Gasteiger partial charge in [-0.05, 0) is 96.1 Å². The van der Waals surface area contributed by atoms with Crippen LogP contribution in [0.5, 0.6) is 0 Å². The van der Waals surface area contributed by atoms with Gasteiger partial charge < -0.3 is 12.2 Å². The zero-order valence-electron chi connectivity index (χ0n) is 41.6. The Kier molecular flexibility index (Phi) is 23.0. The molecular weight excluding hydrogens is 1060 g/mol. The first kappa shape index (κ1) is 58.5. The van der Waals surface area contributed by atoms with Crippen LogP contribution < -0.4 is 43.0 Å². The molecular formula is C62H47BrCl4Li2N6. The fourth-order valence-electron chi connectivity index (χ4n) is 7.55. The number of halogens is 5. The number of hydrogen-bond acceptors (Lipinski definition) is 6. The number of nitrogens with zero attached hydrogens (tertiary/aromatic N) is 5. The van der Waals surface area contributed by atoms with E-state index in [1.54, 1.807) is 18.5 Å². The number of unbranched alkanes of at least 4 members (excludes halogenated alkanes) is 1. The second-order valence-electron chi connectivity index (χ2n) is 16.4. The van der Waals surface area contributed by atoms with Crippen LogP contribution in [-0.2, 0) is 0 Å². The van der Waals surface area contributed by atoms with Gasteiger partial charge in [0.1, 0.15) is 0 Å². The molecule has 6 nitrogen and oxygen atoms in total. The molecule has 5 aromatic heterocycles. The molecule has 1 aliphatic rings. The number of nitrogens with one attached hydrogen (secondary N) is 1. The van der Waals surface area contributed by atoms with Gasteiger partial charge in [0.05, 0.1) is 45.4 Å². The van der Waals surface area contributed by atoms with Crippen molar-refractivity contribution in [1.82, 2.24) is 24.9 Å². The second-order valence-corrected chi connectivity index (χ2v) is 19.1. The Balaban J connectivity index is 0.000000178. The Morgan fingerprint density at radius 2 is 1.04 bits per heavy atom. The minimum absolute atomic E-state index is 0. The third kappa shape index (κ3) is 16.4. The van der Waals surface area contributed by atoms with Crippen molar-refractivity contribution in [2.75, 3.05) is 5.32 Å². The molecule has 6 heterocycles. The third-order valence-corrected chi connectivity index (χ3v) is 12.7. The molecule has 13 heteroatoms. The van der Waals surface area contributed by atoms with Gasteiger partial charge in [0.15, 0.2) is 0 Å². The summed E-state index contributed by atoms with van der Waals surface area (Å²) in [6, 6.07) is 61.9. The van der Waals surface area contributed by atoms with Crippen molar-refractivity contribution in [3.05, 3.63) is 262 Å². The van der Waals surface area contributed by atoms with Crippen LogP contribution in [0.2, 0.25) is 20.1 Å². The third-order valence-electron chi connectivity index (χ3n) is 11.2. The molecule has 75 heavy (non-hydrogen) atoms. The first-order chi connectivity index (χ1) is 35.6. The molecule has 1 N–H and O–H groups in total. The van der Waals surface area contributed by atoms with Crippen molar-refractivity contribution < 1.29 is 37.7 Å². The van der Waals surface area contributed by atoms with Crippen molar-refractivity contribution in [1.29, 1.82) is 0 Å². The molecule has 0 spiro atoms. The Hall–Kier alpha value is -5.78. The Bertz CT molecular complexity index is 3600. The molecule has 0 amide bonds. The van der Waals surface area contributed by atoms with Crippen LogP contribution in [0.15, 0.2) is 217 Å². The maximum absolute atomic E-state index is 6.18. The number of anilines is 1. The summed E-state index contributed by atoms with van der Waals surface area (Å²) >= 11 is 26.7. The van der Waals surface area contributed by atoms with Crippen molar-refractivity contribution in [2.24, 2.45) is 0 Å². The van der Waals surface area contributed by atoms with E-state index in [0.717, 1.165) is 109 Å². The summed E-state index contributed by atoms with van der Waals surface area (Å²) in [5.74, 6) is 0. The number of aromatic nitrogens is 5. The van der Waals surface area contributed by atoms with Gasteiger partial charge in [-0.2, -0.15) is 48.4 Å². The van der Waals surface area contributed by atoms with E-state index in [0.29, 0.717) is 5.02 Å². The minimum Gasteiger partial charge on any atom is -0.372 e. The van der Waals surface area contributed by atoms with E-state index in [4.69, 9.17) is 61.4 Å². The van der Waals surface area contributed by atoms with Crippen LogP contribution in [0.3, 0.4) is 0 Å². The number of benzene rings is 6. The van der Waals surface area contributed by atoms with Gasteiger partial charge in [-0.15, -0.1) is 0 Å². The fraction of sp³-hybridized carbons (Fsp3) is 0.0645. The van der Waals surface area contributed by atoms with Gasteiger partial charge in [0.2, 0.25) is 0 Å². The summed E-state index contributed by atoms with van der Waals surface area (Å²) in [4.78, 5) is 23.2. The summed E-state index contributed by atoms with van der Waals surface area (Å²) in [7, 11) is 0. The molecule has 0 saturated heterocycles. The summed E-state index contributed by atoms with van der Waals surface area (Å²) in [5, 5.41) is 9.80. The standard InChI is InChI=1S/C23H16ClN3.C23H14ClN3.C6H4BrCl.C6H4Cl.C4H9.2Li/c2*24-19-5-1-3-17(13-19)20-10-8-15-6-7-16-9-11-21(18-4-2-12-25-14-18)27-23(16)22(15)26-20;7-5-2-1-3-6(8)4-5;7-6-4-2-1-3-5-6;1-3-4-2;;/h1-14,20,26H;1-14H;1-4H;1-2,4-5H;1,3-4H2,2H3;;/q;;;2*-1;2*+1. The Labute approximate surface area is 491 Å². The molecule has 1 unspecified atom stereocenters. The molecule has 0 saturated carbocycles. The largest absolute Gasteiger partial charge is 1.00 e. The molecule has 0 bridgehead atoms. The molecule has 0 aliphatic carbocycles. The molecule has 1 atom stereocenters. The Morgan fingerprint density at radius 1 is 0.547 bits per heavy atom. The average molecular weight is 1110 g/mol. The van der Waals surface area contributed by atoms with Crippen molar-refractivity contribution in [3.8, 4) is 33.8 Å². The zero-order chi connectivity index (χ0) is 50.9. The van der Waals surface area contributed by atoms with Crippen LogP contribution >= 0.6 is 62.3 Å². The van der Waals surface area contributed by atoms with Crippen molar-refractivity contribution in [2.45, 2.75) is 25.8 Å². The summed E-state index contributed by atoms with van der Waals surface area (Å²) < 4.78 is 1.02. The van der Waals surface area contributed by atoms with Crippen LogP contribution in [-0.4, -0.2) is 24.9 Å². The molecule has 11 aromatic rings. The molecule has 0 radical (unpaired) electrons. The topological polar surface area (TPSA) is 76.5 Å². The molecule has 6 aromatic carbocycles. The number of rotatable bonds is 5. The van der Waals surface area contributed by atoms with Gasteiger partial charge in [0.25, 0.3) is 0 Å². The molecule has 0 fully saturated rings. The first-order valence-corrected chi connectivity index (χ1v) is 25.7. The quantitative estimate of drug-likeness (QED) is 0.105. The van der Waals surface area contributed by atoms with E-state index >= 15 is 0 Å². The van der Waals surface area contributed by atoms with E-state index in [1.807, 2.05) is 140 Å². The van der Waals surface area contributed by atoms with Gasteiger partial charge in [-0.3, -0.25) is 9.97 Å². The first-order valence-electron chi connectivity index (χ1n) is 23.4. The molecule has 362 valence electrons. The SMILES string of the molecule is Clc1c[c-]ccc1.Clc1cccc(-c2ccc3ccc4ccc(-c5cccnc5)nc4c3n2)c1.Clc1cccc(Br)c1.Clc1cccc(C2C=Cc3ccc4ccc(-c5cccnc5)nc4c3N2)c1.[CH2-]CCC.[Li+].[Li+]. The smallest absolute Gasteiger partial charge is 0.372 e. The van der Waals surface area contributed by atoms with Gasteiger partial charge in [0, 0.05) is 77.2 Å². The maximum Gasteiger partial charge on any atom is 1.00 e. The minimum atomic E-state index is 0. The van der Waals surface area contributed by atoms with Crippen LogP contribution in [0.4, 0.5) is 5.69 Å². The number of fused-ring (bicyclic) bond motifs is 6. The van der Waals surface area contributed by atoms with Crippen LogP contribution in [0, 0.1) is 13.0 Å². The van der Waals surface area contributed by atoms with E-state index in [1.165, 1.54) is 6.42 Å². The zero-order valence-corrected chi connectivity index (χ0v) is 46.2.